The molecule has 0 rings (SSSR count). The maximum Gasteiger partial charge on any atom is 0.189 e. The maximum absolute atomic E-state index is 12.7. The molecule has 0 fully saturated rings. The molecular formula is C41H77NO2S2. The van der Waals surface area contributed by atoms with E-state index in [1.165, 1.54) is 165 Å². The van der Waals surface area contributed by atoms with E-state index >= 15 is 0 Å². The van der Waals surface area contributed by atoms with E-state index in [0.717, 1.165) is 38.0 Å². The molecule has 0 aliphatic carbocycles. The van der Waals surface area contributed by atoms with Gasteiger partial charge in [-0.25, -0.2) is 0 Å². The first-order valence-electron chi connectivity index (χ1n) is 19.8. The summed E-state index contributed by atoms with van der Waals surface area (Å²) in [5.74, 6) is 0.741. The average Bonchev–Trinajstić information content (AvgIpc) is 3.03. The summed E-state index contributed by atoms with van der Waals surface area (Å²) in [7, 11) is 4.11. The minimum atomic E-state index is 0.189. The molecule has 46 heavy (non-hydrogen) atoms. The van der Waals surface area contributed by atoms with Crippen LogP contribution in [0.15, 0.2) is 24.3 Å². The Morgan fingerprint density at radius 2 is 0.848 bits per heavy atom. The summed E-state index contributed by atoms with van der Waals surface area (Å²) in [6.07, 6.45) is 44.0. The van der Waals surface area contributed by atoms with Crippen LogP contribution >= 0.6 is 23.5 Å². The van der Waals surface area contributed by atoms with Gasteiger partial charge in [0.2, 0.25) is 0 Å². The van der Waals surface area contributed by atoms with Crippen LogP contribution in [0.2, 0.25) is 0 Å². The standard InChI is InChI=1S/C41H77NO2S2/c1-5-7-9-11-13-15-17-19-21-23-25-27-29-31-33-35-40(43)45-38-39(37-42(3)4)46-41(44)36-34-32-30-28-26-24-22-20-18-16-14-12-10-8-6-2/h19-22,39H,5-18,23-38H2,1-4H3/b21-19-,22-20-. The second-order valence-electron chi connectivity index (χ2n) is 13.7. The monoisotopic (exact) mass is 680 g/mol. The van der Waals surface area contributed by atoms with Crippen molar-refractivity contribution in [1.29, 1.82) is 0 Å². The normalized spacial score (nSPS) is 12.6. The third kappa shape index (κ3) is 36.3. The van der Waals surface area contributed by atoms with Crippen molar-refractivity contribution in [3.63, 3.8) is 0 Å². The molecule has 0 heterocycles. The second kappa shape index (κ2) is 37.3. The topological polar surface area (TPSA) is 37.4 Å². The van der Waals surface area contributed by atoms with Crippen molar-refractivity contribution in [1.82, 2.24) is 4.90 Å². The Hall–Kier alpha value is -0.520. The molecule has 0 bridgehead atoms. The van der Waals surface area contributed by atoms with Crippen molar-refractivity contribution >= 4 is 33.8 Å². The van der Waals surface area contributed by atoms with E-state index in [2.05, 4.69) is 57.1 Å². The SMILES string of the molecule is CCCCCCCC/C=C\CCCCCCCC(=O)SCC(CN(C)C)SC(=O)CCCCCCC/C=C\CCCCCCCC. The van der Waals surface area contributed by atoms with Crippen LogP contribution in [0.25, 0.3) is 0 Å². The van der Waals surface area contributed by atoms with Crippen LogP contribution in [0.5, 0.6) is 0 Å². The molecule has 0 aromatic heterocycles. The molecule has 0 amide bonds. The molecule has 0 saturated heterocycles. The number of unbranched alkanes of at least 4 members (excludes halogenated alkanes) is 22. The maximum atomic E-state index is 12.7. The molecule has 0 aliphatic heterocycles. The van der Waals surface area contributed by atoms with Crippen LogP contribution in [0.3, 0.4) is 0 Å². The van der Waals surface area contributed by atoms with E-state index in [-0.39, 0.29) is 5.25 Å². The summed E-state index contributed by atoms with van der Waals surface area (Å²) < 4.78 is 0. The van der Waals surface area contributed by atoms with E-state index in [4.69, 9.17) is 0 Å². The highest BCUT2D eigenvalue weighted by Gasteiger charge is 2.17. The van der Waals surface area contributed by atoms with Crippen molar-refractivity contribution < 1.29 is 9.59 Å². The largest absolute Gasteiger partial charge is 0.308 e. The number of carbonyl (C=O) groups is 2. The first-order valence-corrected chi connectivity index (χ1v) is 21.7. The molecule has 0 spiro atoms. The van der Waals surface area contributed by atoms with Gasteiger partial charge in [-0.2, -0.15) is 0 Å². The lowest BCUT2D eigenvalue weighted by Crippen LogP contribution is -2.27. The predicted molar refractivity (Wildman–Crippen MR) is 211 cm³/mol. The third-order valence-corrected chi connectivity index (χ3v) is 11.0. The van der Waals surface area contributed by atoms with Gasteiger partial charge in [0.1, 0.15) is 0 Å². The summed E-state index contributed by atoms with van der Waals surface area (Å²) in [6.45, 7) is 5.39. The van der Waals surface area contributed by atoms with Crippen molar-refractivity contribution in [2.24, 2.45) is 0 Å². The van der Waals surface area contributed by atoms with Crippen molar-refractivity contribution in [3.8, 4) is 0 Å². The molecular weight excluding hydrogens is 603 g/mol. The second-order valence-corrected chi connectivity index (χ2v) is 16.2. The first-order chi connectivity index (χ1) is 22.5. The number of allylic oxidation sites excluding steroid dienone is 4. The molecule has 0 aromatic rings. The van der Waals surface area contributed by atoms with E-state index in [0.29, 0.717) is 23.1 Å². The van der Waals surface area contributed by atoms with Crippen LogP contribution in [0.1, 0.15) is 194 Å². The number of nitrogens with zero attached hydrogens (tertiary/aromatic N) is 1. The fourth-order valence-electron chi connectivity index (χ4n) is 5.71. The molecule has 0 aliphatic rings. The van der Waals surface area contributed by atoms with Crippen LogP contribution < -0.4 is 0 Å². The Balaban J connectivity index is 3.78. The quantitative estimate of drug-likeness (QED) is 0.0492. The smallest absolute Gasteiger partial charge is 0.189 e. The lowest BCUT2D eigenvalue weighted by molar-refractivity contribution is -0.112. The highest BCUT2D eigenvalue weighted by Crippen LogP contribution is 2.23. The zero-order valence-electron chi connectivity index (χ0n) is 31.2. The lowest BCUT2D eigenvalue weighted by Gasteiger charge is -2.19. The number of carbonyl (C=O) groups excluding carboxylic acids is 2. The van der Waals surface area contributed by atoms with Crippen molar-refractivity contribution in [2.75, 3.05) is 26.4 Å². The fraction of sp³-hybridized carbons (Fsp3) is 0.854. The molecule has 5 heteroatoms. The molecule has 270 valence electrons. The summed E-state index contributed by atoms with van der Waals surface area (Å²) in [5, 5.41) is 0.787. The Bertz CT molecular complexity index is 721. The highest BCUT2D eigenvalue weighted by atomic mass is 32.2. The minimum absolute atomic E-state index is 0.189. The third-order valence-electron chi connectivity index (χ3n) is 8.58. The van der Waals surface area contributed by atoms with E-state index in [1.54, 1.807) is 0 Å². The first kappa shape index (κ1) is 45.5. The molecule has 0 saturated carbocycles. The molecule has 0 N–H and O–H groups in total. The summed E-state index contributed by atoms with van der Waals surface area (Å²) in [5.41, 5.74) is 0. The molecule has 0 radical (unpaired) electrons. The van der Waals surface area contributed by atoms with Gasteiger partial charge in [0.25, 0.3) is 0 Å². The Kier molecular flexibility index (Phi) is 36.9. The number of rotatable bonds is 35. The molecule has 3 nitrogen and oxygen atoms in total. The summed E-state index contributed by atoms with van der Waals surface area (Å²) in [6, 6.07) is 0. The van der Waals surface area contributed by atoms with Crippen LogP contribution in [0.4, 0.5) is 0 Å². The fourth-order valence-corrected chi connectivity index (χ4v) is 7.96. The van der Waals surface area contributed by atoms with Gasteiger partial charge in [0.15, 0.2) is 10.2 Å². The molecule has 0 aromatic carbocycles. The van der Waals surface area contributed by atoms with E-state index < -0.39 is 0 Å². The summed E-state index contributed by atoms with van der Waals surface area (Å²) in [4.78, 5) is 27.3. The van der Waals surface area contributed by atoms with Gasteiger partial charge in [-0.3, -0.25) is 9.59 Å². The van der Waals surface area contributed by atoms with Gasteiger partial charge in [-0.15, -0.1) is 0 Å². The number of hydrogen-bond donors (Lipinski definition) is 0. The van der Waals surface area contributed by atoms with Gasteiger partial charge in [-0.1, -0.05) is 164 Å². The number of thioether (sulfide) groups is 2. The minimum Gasteiger partial charge on any atom is -0.308 e. The zero-order valence-corrected chi connectivity index (χ0v) is 32.8. The molecule has 1 atom stereocenters. The van der Waals surface area contributed by atoms with Crippen LogP contribution in [-0.2, 0) is 9.59 Å². The number of hydrogen-bond acceptors (Lipinski definition) is 5. The lowest BCUT2D eigenvalue weighted by atomic mass is 10.1. The Labute approximate surface area is 296 Å². The Morgan fingerprint density at radius 3 is 1.24 bits per heavy atom. The van der Waals surface area contributed by atoms with Gasteiger partial charge in [-0.05, 0) is 78.3 Å². The van der Waals surface area contributed by atoms with Gasteiger partial charge in [0.05, 0.1) is 0 Å². The van der Waals surface area contributed by atoms with Gasteiger partial charge in [0, 0.05) is 30.4 Å². The van der Waals surface area contributed by atoms with Crippen molar-refractivity contribution in [3.05, 3.63) is 24.3 Å². The highest BCUT2D eigenvalue weighted by molar-refractivity contribution is 8.17. The Morgan fingerprint density at radius 1 is 0.500 bits per heavy atom. The summed E-state index contributed by atoms with van der Waals surface area (Å²) >= 11 is 2.93. The van der Waals surface area contributed by atoms with E-state index in [9.17, 15) is 9.59 Å². The average molecular weight is 680 g/mol. The molecule has 1 unspecified atom stereocenters. The van der Waals surface area contributed by atoms with Gasteiger partial charge < -0.3 is 4.90 Å². The van der Waals surface area contributed by atoms with Crippen LogP contribution in [-0.4, -0.2) is 46.8 Å². The van der Waals surface area contributed by atoms with Crippen LogP contribution in [0, 0.1) is 0 Å². The van der Waals surface area contributed by atoms with Gasteiger partial charge >= 0.3 is 0 Å². The van der Waals surface area contributed by atoms with Crippen molar-refractivity contribution in [2.45, 2.75) is 199 Å². The predicted octanol–water partition coefficient (Wildman–Crippen LogP) is 13.5. The van der Waals surface area contributed by atoms with E-state index in [1.807, 2.05) is 0 Å². The zero-order chi connectivity index (χ0) is 33.8.